The minimum Gasteiger partial charge on any atom is -0.322 e. The van der Waals surface area contributed by atoms with Crippen LogP contribution < -0.4 is 5.73 Å². The van der Waals surface area contributed by atoms with Gasteiger partial charge in [0.2, 0.25) is 0 Å². The van der Waals surface area contributed by atoms with Crippen molar-refractivity contribution in [3.05, 3.63) is 16.1 Å². The molecule has 0 aromatic carbocycles. The van der Waals surface area contributed by atoms with Gasteiger partial charge in [-0.1, -0.05) is 0 Å². The van der Waals surface area contributed by atoms with Gasteiger partial charge in [-0.3, -0.25) is 4.79 Å². The lowest BCUT2D eigenvalue weighted by Gasteiger charge is -2.04. The third kappa shape index (κ3) is 4.82. The van der Waals surface area contributed by atoms with Crippen molar-refractivity contribution in [3.8, 4) is 0 Å². The van der Waals surface area contributed by atoms with E-state index in [0.29, 0.717) is 5.01 Å². The topological polar surface area (TPSA) is 56.0 Å². The monoisotopic (exact) mass is 266 g/mol. The number of rotatable bonds is 5. The molecule has 0 radical (unpaired) electrons. The van der Waals surface area contributed by atoms with Crippen molar-refractivity contribution < 1.29 is 18.0 Å². The van der Waals surface area contributed by atoms with Crippen LogP contribution in [0.25, 0.3) is 0 Å². The summed E-state index contributed by atoms with van der Waals surface area (Å²) in [5.74, 6) is -0.364. The first-order valence-electron chi connectivity index (χ1n) is 5.10. The molecule has 0 fully saturated rings. The second-order valence-corrected chi connectivity index (χ2v) is 4.64. The van der Waals surface area contributed by atoms with Crippen LogP contribution in [-0.4, -0.2) is 16.9 Å². The van der Waals surface area contributed by atoms with Crippen LogP contribution in [0.4, 0.5) is 13.2 Å². The number of nitrogens with zero attached hydrogens (tertiary/aromatic N) is 1. The Labute approximate surface area is 101 Å². The number of Topliss-reactive ketones (excluding diaryl/α,β-unsaturated/α-hetero) is 1. The first-order valence-corrected chi connectivity index (χ1v) is 5.98. The van der Waals surface area contributed by atoms with Crippen molar-refractivity contribution in [2.24, 2.45) is 5.73 Å². The van der Waals surface area contributed by atoms with E-state index in [0.717, 1.165) is 0 Å². The van der Waals surface area contributed by atoms with Crippen LogP contribution in [0, 0.1) is 0 Å². The lowest BCUT2D eigenvalue weighted by molar-refractivity contribution is -0.135. The summed E-state index contributed by atoms with van der Waals surface area (Å²) >= 11 is 1.25. The van der Waals surface area contributed by atoms with Crippen LogP contribution in [0.3, 0.4) is 0 Å². The van der Waals surface area contributed by atoms with Gasteiger partial charge < -0.3 is 5.73 Å². The minimum atomic E-state index is -4.21. The Kier molecular flexibility index (Phi) is 4.64. The van der Waals surface area contributed by atoms with Gasteiger partial charge in [-0.05, 0) is 13.3 Å². The number of carbonyl (C=O) groups is 1. The van der Waals surface area contributed by atoms with E-state index in [1.807, 2.05) is 0 Å². The second kappa shape index (κ2) is 5.59. The molecule has 0 amide bonds. The maximum absolute atomic E-state index is 11.9. The smallest absolute Gasteiger partial charge is 0.322 e. The molecule has 0 aliphatic rings. The van der Waals surface area contributed by atoms with Gasteiger partial charge in [0, 0.05) is 18.2 Å². The van der Waals surface area contributed by atoms with Crippen LogP contribution in [-0.2, 0) is 0 Å². The average Bonchev–Trinajstić information content (AvgIpc) is 2.63. The van der Waals surface area contributed by atoms with Crippen LogP contribution in [0.1, 0.15) is 47.7 Å². The molecule has 1 atom stereocenters. The summed E-state index contributed by atoms with van der Waals surface area (Å²) in [5, 5.41) is 2.15. The number of ketones is 1. The third-order valence-corrected chi connectivity index (χ3v) is 3.11. The maximum atomic E-state index is 11.9. The number of thiazole rings is 1. The number of hydrogen-bond donors (Lipinski definition) is 1. The Balaban J connectivity index is 2.47. The van der Waals surface area contributed by atoms with Gasteiger partial charge >= 0.3 is 6.18 Å². The molecule has 7 heteroatoms. The van der Waals surface area contributed by atoms with Crippen LogP contribution in [0.15, 0.2) is 5.38 Å². The van der Waals surface area contributed by atoms with Crippen LogP contribution in [0.5, 0.6) is 0 Å². The summed E-state index contributed by atoms with van der Waals surface area (Å²) in [4.78, 5) is 15.5. The molecule has 0 saturated heterocycles. The van der Waals surface area contributed by atoms with E-state index in [2.05, 4.69) is 4.98 Å². The van der Waals surface area contributed by atoms with E-state index >= 15 is 0 Å². The third-order valence-electron chi connectivity index (χ3n) is 2.06. The Morgan fingerprint density at radius 1 is 1.59 bits per heavy atom. The van der Waals surface area contributed by atoms with Gasteiger partial charge in [0.05, 0.1) is 6.04 Å². The number of halogens is 3. The molecule has 2 N–H and O–H groups in total. The van der Waals surface area contributed by atoms with Crippen molar-refractivity contribution in [1.82, 2.24) is 4.98 Å². The van der Waals surface area contributed by atoms with Crippen molar-refractivity contribution in [2.45, 2.75) is 38.4 Å². The van der Waals surface area contributed by atoms with Gasteiger partial charge in [0.15, 0.2) is 5.78 Å². The zero-order valence-corrected chi connectivity index (χ0v) is 10.1. The SMILES string of the molecule is CC(N)c1nc(C(=O)CCCC(F)(F)F)cs1. The first kappa shape index (κ1) is 14.1. The molecule has 0 aliphatic carbocycles. The van der Waals surface area contributed by atoms with Crippen molar-refractivity contribution in [3.63, 3.8) is 0 Å². The summed E-state index contributed by atoms with van der Waals surface area (Å²) in [5.41, 5.74) is 5.78. The van der Waals surface area contributed by atoms with Crippen molar-refractivity contribution in [1.29, 1.82) is 0 Å². The molecule has 0 bridgehead atoms. The number of carbonyl (C=O) groups excluding carboxylic acids is 1. The van der Waals surface area contributed by atoms with Gasteiger partial charge in [-0.25, -0.2) is 4.98 Å². The molecule has 3 nitrogen and oxygen atoms in total. The fraction of sp³-hybridized carbons (Fsp3) is 0.600. The standard InChI is InChI=1S/C10H13F3N2OS/c1-6(14)9-15-7(5-17-9)8(16)3-2-4-10(11,12)13/h5-6H,2-4,14H2,1H3. The van der Waals surface area contributed by atoms with Gasteiger partial charge in [0.25, 0.3) is 0 Å². The van der Waals surface area contributed by atoms with E-state index in [9.17, 15) is 18.0 Å². The van der Waals surface area contributed by atoms with E-state index < -0.39 is 12.6 Å². The van der Waals surface area contributed by atoms with Gasteiger partial charge in [-0.2, -0.15) is 13.2 Å². The molecule has 1 aromatic heterocycles. The van der Waals surface area contributed by atoms with Crippen LogP contribution >= 0.6 is 11.3 Å². The molecule has 1 rings (SSSR count). The highest BCUT2D eigenvalue weighted by atomic mass is 32.1. The number of aromatic nitrogens is 1. The summed E-state index contributed by atoms with van der Waals surface area (Å²) in [6.45, 7) is 1.73. The molecule has 0 saturated carbocycles. The van der Waals surface area contributed by atoms with E-state index in [-0.39, 0.29) is 30.4 Å². The normalized spacial score (nSPS) is 13.7. The number of hydrogen-bond acceptors (Lipinski definition) is 4. The zero-order chi connectivity index (χ0) is 13.1. The molecule has 17 heavy (non-hydrogen) atoms. The number of alkyl halides is 3. The predicted molar refractivity (Wildman–Crippen MR) is 59.0 cm³/mol. The van der Waals surface area contributed by atoms with E-state index in [1.54, 1.807) is 6.92 Å². The van der Waals surface area contributed by atoms with Crippen molar-refractivity contribution in [2.75, 3.05) is 0 Å². The Bertz CT molecular complexity index is 387. The molecule has 1 unspecified atom stereocenters. The molecular formula is C10H13F3N2OS. The second-order valence-electron chi connectivity index (χ2n) is 3.75. The summed E-state index contributed by atoms with van der Waals surface area (Å²) in [7, 11) is 0. The molecule has 1 heterocycles. The van der Waals surface area contributed by atoms with Gasteiger partial charge in [0.1, 0.15) is 10.7 Å². The largest absolute Gasteiger partial charge is 0.389 e. The summed E-state index contributed by atoms with van der Waals surface area (Å²) in [6.07, 6.45) is -5.49. The lowest BCUT2D eigenvalue weighted by Crippen LogP contribution is -2.09. The average molecular weight is 266 g/mol. The lowest BCUT2D eigenvalue weighted by atomic mass is 10.1. The Hall–Kier alpha value is -0.950. The molecule has 96 valence electrons. The van der Waals surface area contributed by atoms with Crippen LogP contribution in [0.2, 0.25) is 0 Å². The zero-order valence-electron chi connectivity index (χ0n) is 9.25. The van der Waals surface area contributed by atoms with Gasteiger partial charge in [-0.15, -0.1) is 11.3 Å². The highest BCUT2D eigenvalue weighted by Crippen LogP contribution is 2.23. The molecule has 0 spiro atoms. The highest BCUT2D eigenvalue weighted by molar-refractivity contribution is 7.09. The van der Waals surface area contributed by atoms with E-state index in [1.165, 1.54) is 16.7 Å². The predicted octanol–water partition coefficient (Wildman–Crippen LogP) is 3.08. The fourth-order valence-electron chi connectivity index (χ4n) is 1.20. The Morgan fingerprint density at radius 3 is 2.71 bits per heavy atom. The maximum Gasteiger partial charge on any atom is 0.389 e. The molecular weight excluding hydrogens is 253 g/mol. The van der Waals surface area contributed by atoms with E-state index in [4.69, 9.17) is 5.73 Å². The molecule has 0 aliphatic heterocycles. The number of nitrogens with two attached hydrogens (primary N) is 1. The summed E-state index contributed by atoms with van der Waals surface area (Å²) in [6, 6.07) is -0.267. The first-order chi connectivity index (χ1) is 7.79. The minimum absolute atomic E-state index is 0.137. The summed E-state index contributed by atoms with van der Waals surface area (Å²) < 4.78 is 35.6. The Morgan fingerprint density at radius 2 is 2.24 bits per heavy atom. The van der Waals surface area contributed by atoms with Crippen molar-refractivity contribution >= 4 is 17.1 Å². The molecule has 1 aromatic rings. The highest BCUT2D eigenvalue weighted by Gasteiger charge is 2.26. The quantitative estimate of drug-likeness (QED) is 0.833. The fourth-order valence-corrected chi connectivity index (χ4v) is 1.98.